The van der Waals surface area contributed by atoms with Gasteiger partial charge in [0.05, 0.1) is 0 Å². The maximum absolute atomic E-state index is 5.57. The molecule has 19 heavy (non-hydrogen) atoms. The van der Waals surface area contributed by atoms with Crippen LogP contribution in [0.5, 0.6) is 0 Å². The Morgan fingerprint density at radius 3 is 2.11 bits per heavy atom. The number of nitrogens with two attached hydrogens (primary N) is 1. The van der Waals surface area contributed by atoms with Gasteiger partial charge in [0.25, 0.3) is 0 Å². The van der Waals surface area contributed by atoms with E-state index in [2.05, 4.69) is 34.6 Å². The van der Waals surface area contributed by atoms with Crippen LogP contribution in [0, 0.1) is 17.3 Å². The fourth-order valence-electron chi connectivity index (χ4n) is 3.19. The number of hydrogen-bond donors (Lipinski definition) is 1. The van der Waals surface area contributed by atoms with Crippen LogP contribution in [-0.2, 0) is 0 Å². The summed E-state index contributed by atoms with van der Waals surface area (Å²) in [4.78, 5) is 0. The molecule has 0 aliphatic heterocycles. The molecule has 0 bridgehead atoms. The zero-order chi connectivity index (χ0) is 14.7. The van der Waals surface area contributed by atoms with E-state index in [1.54, 1.807) is 0 Å². The first-order chi connectivity index (χ1) is 9.00. The van der Waals surface area contributed by atoms with Gasteiger partial charge in [-0.1, -0.05) is 73.1 Å². The molecule has 0 amide bonds. The normalized spacial score (nSPS) is 18.0. The Labute approximate surface area is 122 Å². The van der Waals surface area contributed by atoms with Gasteiger partial charge in [-0.25, -0.2) is 0 Å². The third kappa shape index (κ3) is 7.97. The van der Waals surface area contributed by atoms with Gasteiger partial charge < -0.3 is 5.73 Å². The monoisotopic (exact) mass is 269 g/mol. The summed E-state index contributed by atoms with van der Waals surface area (Å²) < 4.78 is 0. The molecule has 3 atom stereocenters. The van der Waals surface area contributed by atoms with Crippen molar-refractivity contribution in [2.24, 2.45) is 23.0 Å². The van der Waals surface area contributed by atoms with Crippen molar-refractivity contribution in [3.05, 3.63) is 0 Å². The standard InChI is InChI=1S/C18H39N/c1-6-11-17(4)18(5,7-2)14-9-8-12-16(3)13-10-15-19/h16-17H,6-15,19H2,1-5H3. The molecule has 0 saturated carbocycles. The van der Waals surface area contributed by atoms with E-state index in [1.165, 1.54) is 57.8 Å². The average Bonchev–Trinajstić information content (AvgIpc) is 2.41. The van der Waals surface area contributed by atoms with Crippen molar-refractivity contribution in [2.75, 3.05) is 6.54 Å². The van der Waals surface area contributed by atoms with Crippen LogP contribution in [0.15, 0.2) is 0 Å². The van der Waals surface area contributed by atoms with E-state index in [-0.39, 0.29) is 0 Å². The molecule has 0 radical (unpaired) electrons. The van der Waals surface area contributed by atoms with Gasteiger partial charge in [-0.3, -0.25) is 0 Å². The zero-order valence-electron chi connectivity index (χ0n) is 14.3. The van der Waals surface area contributed by atoms with Crippen LogP contribution in [0.2, 0.25) is 0 Å². The maximum atomic E-state index is 5.57. The lowest BCUT2D eigenvalue weighted by atomic mass is 9.70. The van der Waals surface area contributed by atoms with Crippen molar-refractivity contribution in [3.8, 4) is 0 Å². The Balaban J connectivity index is 3.88. The second kappa shape index (κ2) is 10.7. The predicted molar refractivity (Wildman–Crippen MR) is 88.4 cm³/mol. The van der Waals surface area contributed by atoms with Crippen molar-refractivity contribution >= 4 is 0 Å². The largest absolute Gasteiger partial charge is 0.330 e. The lowest BCUT2D eigenvalue weighted by Crippen LogP contribution is -2.24. The highest BCUT2D eigenvalue weighted by atomic mass is 14.5. The molecule has 0 saturated heterocycles. The van der Waals surface area contributed by atoms with Crippen LogP contribution in [-0.4, -0.2) is 6.54 Å². The van der Waals surface area contributed by atoms with Crippen LogP contribution in [0.1, 0.15) is 92.4 Å². The molecule has 2 N–H and O–H groups in total. The molecule has 0 spiro atoms. The lowest BCUT2D eigenvalue weighted by Gasteiger charge is -2.35. The number of unbranched alkanes of at least 4 members (excludes halogenated alkanes) is 1. The van der Waals surface area contributed by atoms with E-state index in [1.807, 2.05) is 0 Å². The highest BCUT2D eigenvalue weighted by Gasteiger charge is 2.27. The van der Waals surface area contributed by atoms with Gasteiger partial charge in [-0.05, 0) is 43.1 Å². The van der Waals surface area contributed by atoms with Gasteiger partial charge in [0.1, 0.15) is 0 Å². The van der Waals surface area contributed by atoms with Gasteiger partial charge >= 0.3 is 0 Å². The molecule has 1 nitrogen and oxygen atoms in total. The minimum Gasteiger partial charge on any atom is -0.330 e. The Morgan fingerprint density at radius 1 is 0.947 bits per heavy atom. The maximum Gasteiger partial charge on any atom is -0.00772 e. The van der Waals surface area contributed by atoms with E-state index < -0.39 is 0 Å². The highest BCUT2D eigenvalue weighted by molar-refractivity contribution is 4.78. The van der Waals surface area contributed by atoms with Crippen LogP contribution >= 0.6 is 0 Å². The van der Waals surface area contributed by atoms with Crippen LogP contribution in [0.3, 0.4) is 0 Å². The summed E-state index contributed by atoms with van der Waals surface area (Å²) in [5.41, 5.74) is 6.13. The summed E-state index contributed by atoms with van der Waals surface area (Å²) in [6.07, 6.45) is 12.2. The first kappa shape index (κ1) is 19.0. The molecular weight excluding hydrogens is 230 g/mol. The molecule has 3 unspecified atom stereocenters. The molecule has 0 fully saturated rings. The van der Waals surface area contributed by atoms with Gasteiger partial charge in [-0.15, -0.1) is 0 Å². The lowest BCUT2D eigenvalue weighted by molar-refractivity contribution is 0.158. The minimum absolute atomic E-state index is 0.566. The molecule has 0 aromatic rings. The second-order valence-electron chi connectivity index (χ2n) is 6.98. The molecule has 0 aromatic carbocycles. The van der Waals surface area contributed by atoms with Crippen molar-refractivity contribution < 1.29 is 0 Å². The Kier molecular flexibility index (Phi) is 10.7. The fraction of sp³-hybridized carbons (Fsp3) is 1.00. The van der Waals surface area contributed by atoms with Gasteiger partial charge in [0, 0.05) is 0 Å². The van der Waals surface area contributed by atoms with E-state index in [0.717, 1.165) is 18.4 Å². The van der Waals surface area contributed by atoms with Crippen molar-refractivity contribution in [1.82, 2.24) is 0 Å². The third-order valence-corrected chi connectivity index (χ3v) is 5.31. The molecule has 0 aromatic heterocycles. The SMILES string of the molecule is CCCC(C)C(C)(CC)CCCCC(C)CCCN. The quantitative estimate of drug-likeness (QED) is 0.447. The second-order valence-corrected chi connectivity index (χ2v) is 6.98. The summed E-state index contributed by atoms with van der Waals surface area (Å²) in [5.74, 6) is 1.74. The number of rotatable bonds is 12. The van der Waals surface area contributed by atoms with Crippen molar-refractivity contribution in [1.29, 1.82) is 0 Å². The van der Waals surface area contributed by atoms with Crippen LogP contribution < -0.4 is 5.73 Å². The third-order valence-electron chi connectivity index (χ3n) is 5.31. The average molecular weight is 270 g/mol. The minimum atomic E-state index is 0.566. The summed E-state index contributed by atoms with van der Waals surface area (Å²) in [6, 6.07) is 0. The summed E-state index contributed by atoms with van der Waals surface area (Å²) in [7, 11) is 0. The van der Waals surface area contributed by atoms with E-state index in [4.69, 9.17) is 5.73 Å². The molecule has 0 aliphatic carbocycles. The number of hydrogen-bond acceptors (Lipinski definition) is 1. The van der Waals surface area contributed by atoms with E-state index in [9.17, 15) is 0 Å². The molecular formula is C18H39N. The Bertz CT molecular complexity index is 202. The molecule has 0 aliphatic rings. The topological polar surface area (TPSA) is 26.0 Å². The summed E-state index contributed by atoms with van der Waals surface area (Å²) >= 11 is 0. The predicted octanol–water partition coefficient (Wildman–Crippen LogP) is 5.77. The van der Waals surface area contributed by atoms with Gasteiger partial charge in [0.2, 0.25) is 0 Å². The molecule has 116 valence electrons. The first-order valence-electron chi connectivity index (χ1n) is 8.70. The van der Waals surface area contributed by atoms with Gasteiger partial charge in [0.15, 0.2) is 0 Å². The summed E-state index contributed by atoms with van der Waals surface area (Å²) in [6.45, 7) is 12.9. The van der Waals surface area contributed by atoms with E-state index >= 15 is 0 Å². The molecule has 0 rings (SSSR count). The van der Waals surface area contributed by atoms with Crippen LogP contribution in [0.4, 0.5) is 0 Å². The molecule has 1 heteroatoms. The smallest absolute Gasteiger partial charge is 0.00772 e. The molecule has 0 heterocycles. The van der Waals surface area contributed by atoms with Crippen LogP contribution in [0.25, 0.3) is 0 Å². The summed E-state index contributed by atoms with van der Waals surface area (Å²) in [5, 5.41) is 0. The van der Waals surface area contributed by atoms with Gasteiger partial charge in [-0.2, -0.15) is 0 Å². The van der Waals surface area contributed by atoms with Crippen molar-refractivity contribution in [2.45, 2.75) is 92.4 Å². The highest BCUT2D eigenvalue weighted by Crippen LogP contribution is 2.39. The van der Waals surface area contributed by atoms with E-state index in [0.29, 0.717) is 5.41 Å². The Morgan fingerprint density at radius 2 is 1.58 bits per heavy atom. The first-order valence-corrected chi connectivity index (χ1v) is 8.70. The zero-order valence-corrected chi connectivity index (χ0v) is 14.3. The fourth-order valence-corrected chi connectivity index (χ4v) is 3.19. The van der Waals surface area contributed by atoms with Crippen molar-refractivity contribution in [3.63, 3.8) is 0 Å². The Hall–Kier alpha value is -0.0400.